The van der Waals surface area contributed by atoms with Gasteiger partial charge in [-0.1, -0.05) is 6.07 Å². The summed E-state index contributed by atoms with van der Waals surface area (Å²) in [6.45, 7) is 6.56. The Labute approximate surface area is 125 Å². The van der Waals surface area contributed by atoms with E-state index in [1.54, 1.807) is 11.8 Å². The van der Waals surface area contributed by atoms with Crippen LogP contribution in [0, 0.1) is 19.3 Å². The third-order valence-corrected chi connectivity index (χ3v) is 4.26. The summed E-state index contributed by atoms with van der Waals surface area (Å²) >= 11 is 0. The Hall–Kier alpha value is -2.04. The van der Waals surface area contributed by atoms with Gasteiger partial charge >= 0.3 is 12.0 Å². The molecule has 1 atom stereocenters. The first-order chi connectivity index (χ1) is 9.82. The highest BCUT2D eigenvalue weighted by atomic mass is 16.4. The molecule has 1 aromatic rings. The maximum Gasteiger partial charge on any atom is 0.321 e. The van der Waals surface area contributed by atoms with Gasteiger partial charge < -0.3 is 15.3 Å². The lowest BCUT2D eigenvalue weighted by molar-refractivity contribution is -0.150. The average molecular weight is 290 g/mol. The van der Waals surface area contributed by atoms with Gasteiger partial charge in [-0.15, -0.1) is 0 Å². The van der Waals surface area contributed by atoms with E-state index < -0.39 is 11.4 Å². The van der Waals surface area contributed by atoms with Gasteiger partial charge in [0.25, 0.3) is 0 Å². The normalized spacial score (nSPS) is 22.0. The summed E-state index contributed by atoms with van der Waals surface area (Å²) in [6.07, 6.45) is 1.32. The van der Waals surface area contributed by atoms with E-state index in [2.05, 4.69) is 5.32 Å². The molecule has 1 aliphatic heterocycles. The number of rotatable bonds is 2. The van der Waals surface area contributed by atoms with E-state index in [1.807, 2.05) is 32.0 Å². The predicted molar refractivity (Wildman–Crippen MR) is 81.5 cm³/mol. The molecule has 1 heterocycles. The fraction of sp³-hybridized carbons (Fsp3) is 0.500. The lowest BCUT2D eigenvalue weighted by atomic mass is 9.82. The maximum absolute atomic E-state index is 12.3. The van der Waals surface area contributed by atoms with Crippen LogP contribution in [0.15, 0.2) is 18.2 Å². The molecule has 1 unspecified atom stereocenters. The van der Waals surface area contributed by atoms with Crippen molar-refractivity contribution >= 4 is 17.7 Å². The second-order valence-corrected chi connectivity index (χ2v) is 6.12. The van der Waals surface area contributed by atoms with Crippen LogP contribution in [0.2, 0.25) is 0 Å². The Balaban J connectivity index is 2.06. The minimum absolute atomic E-state index is 0.231. The van der Waals surface area contributed by atoms with E-state index in [4.69, 9.17) is 0 Å². The van der Waals surface area contributed by atoms with Crippen molar-refractivity contribution in [2.75, 3.05) is 18.4 Å². The molecule has 21 heavy (non-hydrogen) atoms. The SMILES string of the molecule is Cc1ccc(NC(=O)N2CCCC(C)(C(=O)O)C2)cc1C. The topological polar surface area (TPSA) is 69.6 Å². The van der Waals surface area contributed by atoms with Crippen LogP contribution in [0.3, 0.4) is 0 Å². The average Bonchev–Trinajstić information content (AvgIpc) is 2.43. The van der Waals surface area contributed by atoms with Crippen LogP contribution in [0.5, 0.6) is 0 Å². The highest BCUT2D eigenvalue weighted by Crippen LogP contribution is 2.30. The minimum Gasteiger partial charge on any atom is -0.481 e. The number of benzene rings is 1. The van der Waals surface area contributed by atoms with Crippen LogP contribution in [0.1, 0.15) is 30.9 Å². The van der Waals surface area contributed by atoms with Gasteiger partial charge in [0, 0.05) is 18.8 Å². The molecule has 2 N–H and O–H groups in total. The molecule has 1 saturated heterocycles. The minimum atomic E-state index is -0.848. The van der Waals surface area contributed by atoms with Gasteiger partial charge in [-0.25, -0.2) is 4.79 Å². The van der Waals surface area contributed by atoms with Gasteiger partial charge in [0.05, 0.1) is 5.41 Å². The number of nitrogens with zero attached hydrogens (tertiary/aromatic N) is 1. The molecule has 114 valence electrons. The van der Waals surface area contributed by atoms with E-state index in [0.29, 0.717) is 19.4 Å². The van der Waals surface area contributed by atoms with Crippen molar-refractivity contribution in [2.45, 2.75) is 33.6 Å². The number of anilines is 1. The Morgan fingerprint density at radius 3 is 2.62 bits per heavy atom. The Morgan fingerprint density at radius 2 is 2.00 bits per heavy atom. The van der Waals surface area contributed by atoms with Crippen molar-refractivity contribution in [1.82, 2.24) is 4.90 Å². The molecule has 1 aliphatic rings. The highest BCUT2D eigenvalue weighted by molar-refractivity contribution is 5.90. The van der Waals surface area contributed by atoms with Crippen molar-refractivity contribution in [1.29, 1.82) is 0 Å². The second kappa shape index (κ2) is 5.76. The quantitative estimate of drug-likeness (QED) is 0.879. The second-order valence-electron chi connectivity index (χ2n) is 6.12. The van der Waals surface area contributed by atoms with E-state index >= 15 is 0 Å². The number of piperidine rings is 1. The molecule has 2 rings (SSSR count). The number of carbonyl (C=O) groups excluding carboxylic acids is 1. The molecular formula is C16H22N2O3. The summed E-state index contributed by atoms with van der Waals surface area (Å²) in [6, 6.07) is 5.52. The van der Waals surface area contributed by atoms with Gasteiger partial charge in [0.1, 0.15) is 0 Å². The van der Waals surface area contributed by atoms with Gasteiger partial charge in [-0.3, -0.25) is 4.79 Å². The Bertz CT molecular complexity index is 571. The summed E-state index contributed by atoms with van der Waals surface area (Å²) in [5.41, 5.74) is 2.18. The number of carboxylic acids is 1. The molecule has 0 spiro atoms. The lowest BCUT2D eigenvalue weighted by Crippen LogP contribution is -2.49. The van der Waals surface area contributed by atoms with Gasteiger partial charge in [-0.2, -0.15) is 0 Å². The van der Waals surface area contributed by atoms with Crippen LogP contribution in [0.25, 0.3) is 0 Å². The summed E-state index contributed by atoms with van der Waals surface area (Å²) in [5, 5.41) is 12.1. The van der Waals surface area contributed by atoms with Gasteiger partial charge in [0.2, 0.25) is 0 Å². The number of carbonyl (C=O) groups is 2. The molecule has 0 aliphatic carbocycles. The fourth-order valence-electron chi connectivity index (χ4n) is 2.61. The molecule has 2 amide bonds. The molecule has 0 bridgehead atoms. The molecular weight excluding hydrogens is 268 g/mol. The Kier molecular flexibility index (Phi) is 4.21. The first-order valence-corrected chi connectivity index (χ1v) is 7.18. The van der Waals surface area contributed by atoms with Crippen molar-refractivity contribution in [3.63, 3.8) is 0 Å². The molecule has 1 fully saturated rings. The van der Waals surface area contributed by atoms with E-state index in [9.17, 15) is 14.7 Å². The number of nitrogens with one attached hydrogen (secondary N) is 1. The first kappa shape index (κ1) is 15.4. The summed E-state index contributed by atoms with van der Waals surface area (Å²) in [5.74, 6) is -0.841. The van der Waals surface area contributed by atoms with Crippen molar-refractivity contribution in [3.05, 3.63) is 29.3 Å². The summed E-state index contributed by atoms with van der Waals surface area (Å²) < 4.78 is 0. The zero-order chi connectivity index (χ0) is 15.6. The number of urea groups is 1. The highest BCUT2D eigenvalue weighted by Gasteiger charge is 2.39. The molecule has 1 aromatic carbocycles. The van der Waals surface area contributed by atoms with Gasteiger partial charge in [-0.05, 0) is 56.9 Å². The molecule has 0 saturated carbocycles. The third kappa shape index (κ3) is 3.35. The van der Waals surface area contributed by atoms with Crippen LogP contribution in [-0.4, -0.2) is 35.1 Å². The molecule has 0 aromatic heterocycles. The Morgan fingerprint density at radius 1 is 1.29 bits per heavy atom. The largest absolute Gasteiger partial charge is 0.481 e. The zero-order valence-corrected chi connectivity index (χ0v) is 12.8. The standard InChI is InChI=1S/C16H22N2O3/c1-11-5-6-13(9-12(11)2)17-15(21)18-8-4-7-16(3,10-18)14(19)20/h5-6,9H,4,7-8,10H2,1-3H3,(H,17,21)(H,19,20). The van der Waals surface area contributed by atoms with Gasteiger partial charge in [0.15, 0.2) is 0 Å². The number of hydrogen-bond donors (Lipinski definition) is 2. The number of likely N-dealkylation sites (tertiary alicyclic amines) is 1. The van der Waals surface area contributed by atoms with Crippen LogP contribution < -0.4 is 5.32 Å². The number of carboxylic acid groups (broad SMARTS) is 1. The summed E-state index contributed by atoms with van der Waals surface area (Å²) in [4.78, 5) is 25.2. The van der Waals surface area contributed by atoms with Crippen molar-refractivity contribution in [2.24, 2.45) is 5.41 Å². The maximum atomic E-state index is 12.3. The lowest BCUT2D eigenvalue weighted by Gasteiger charge is -2.37. The number of aryl methyl sites for hydroxylation is 2. The van der Waals surface area contributed by atoms with Crippen molar-refractivity contribution in [3.8, 4) is 0 Å². The summed E-state index contributed by atoms with van der Waals surface area (Å²) in [7, 11) is 0. The molecule has 5 heteroatoms. The number of aliphatic carboxylic acids is 1. The number of hydrogen-bond acceptors (Lipinski definition) is 2. The number of amides is 2. The smallest absolute Gasteiger partial charge is 0.321 e. The van der Waals surface area contributed by atoms with Crippen molar-refractivity contribution < 1.29 is 14.7 Å². The fourth-order valence-corrected chi connectivity index (χ4v) is 2.61. The molecule has 5 nitrogen and oxygen atoms in total. The van der Waals surface area contributed by atoms with E-state index in [1.165, 1.54) is 5.56 Å². The monoisotopic (exact) mass is 290 g/mol. The first-order valence-electron chi connectivity index (χ1n) is 7.18. The zero-order valence-electron chi connectivity index (χ0n) is 12.8. The van der Waals surface area contributed by atoms with Crippen LogP contribution in [0.4, 0.5) is 10.5 Å². The van der Waals surface area contributed by atoms with E-state index in [-0.39, 0.29) is 12.6 Å². The third-order valence-electron chi connectivity index (χ3n) is 4.26. The predicted octanol–water partition coefficient (Wildman–Crippen LogP) is 3.02. The van der Waals surface area contributed by atoms with E-state index in [0.717, 1.165) is 11.3 Å². The van der Waals surface area contributed by atoms with Crippen LogP contribution >= 0.6 is 0 Å². The van der Waals surface area contributed by atoms with Crippen LogP contribution in [-0.2, 0) is 4.79 Å². The molecule has 0 radical (unpaired) electrons.